The smallest absolute Gasteiger partial charge is 0.249 e. The highest BCUT2D eigenvalue weighted by molar-refractivity contribution is 5.80. The predicted octanol–water partition coefficient (Wildman–Crippen LogP) is 16.6. The molecular formula is C59H111NO5. The molecule has 0 radical (unpaired) electrons. The topological polar surface area (TPSA) is 110 Å². The van der Waals surface area contributed by atoms with Gasteiger partial charge in [-0.3, -0.25) is 4.79 Å². The highest BCUT2D eigenvalue weighted by atomic mass is 16.3. The lowest BCUT2D eigenvalue weighted by atomic mass is 10.00. The Morgan fingerprint density at radius 1 is 0.369 bits per heavy atom. The van der Waals surface area contributed by atoms with Crippen molar-refractivity contribution < 1.29 is 25.2 Å². The summed E-state index contributed by atoms with van der Waals surface area (Å²) in [5, 5.41) is 43.9. The molecule has 1 amide bonds. The van der Waals surface area contributed by atoms with E-state index in [2.05, 4.69) is 67.8 Å². The summed E-state index contributed by atoms with van der Waals surface area (Å²) in [6.07, 6.45) is 67.5. The van der Waals surface area contributed by atoms with Gasteiger partial charge in [0.05, 0.1) is 18.8 Å². The van der Waals surface area contributed by atoms with E-state index in [0.717, 1.165) is 64.2 Å². The van der Waals surface area contributed by atoms with E-state index in [1.165, 1.54) is 193 Å². The van der Waals surface area contributed by atoms with Gasteiger partial charge in [0.25, 0.3) is 0 Å². The number of rotatable bonds is 52. The van der Waals surface area contributed by atoms with Gasteiger partial charge in [-0.1, -0.05) is 249 Å². The first kappa shape index (κ1) is 63.3. The molecule has 65 heavy (non-hydrogen) atoms. The Labute approximate surface area is 404 Å². The van der Waals surface area contributed by atoms with Gasteiger partial charge < -0.3 is 25.7 Å². The molecule has 382 valence electrons. The zero-order valence-electron chi connectivity index (χ0n) is 43.2. The van der Waals surface area contributed by atoms with Gasteiger partial charge >= 0.3 is 0 Å². The molecule has 0 fully saturated rings. The number of aliphatic hydroxyl groups excluding tert-OH is 4. The second-order valence-electron chi connectivity index (χ2n) is 19.6. The number of carbonyl (C=O) groups is 1. The van der Waals surface area contributed by atoms with Crippen molar-refractivity contribution in [3.05, 3.63) is 48.6 Å². The van der Waals surface area contributed by atoms with Crippen LogP contribution in [0.5, 0.6) is 0 Å². The van der Waals surface area contributed by atoms with Crippen LogP contribution in [0.25, 0.3) is 0 Å². The third-order valence-electron chi connectivity index (χ3n) is 13.2. The number of hydrogen-bond donors (Lipinski definition) is 5. The minimum atomic E-state index is -1.30. The van der Waals surface area contributed by atoms with Gasteiger partial charge in [0, 0.05) is 0 Å². The molecule has 4 atom stereocenters. The quantitative estimate of drug-likeness (QED) is 0.0308. The SMILES string of the molecule is CCCCCCCCCCCCC/C=C\CCCCCCCCC(O)C(=O)NC(CO)C(O)C(O)CCC/C=C/CC/C=C/CC/C=C/CCCCCCCCCCCCCCCCC. The summed E-state index contributed by atoms with van der Waals surface area (Å²) in [7, 11) is 0. The van der Waals surface area contributed by atoms with E-state index in [1.807, 2.05) is 0 Å². The third-order valence-corrected chi connectivity index (χ3v) is 13.2. The van der Waals surface area contributed by atoms with E-state index in [-0.39, 0.29) is 0 Å². The van der Waals surface area contributed by atoms with E-state index < -0.39 is 36.9 Å². The molecule has 0 aliphatic carbocycles. The van der Waals surface area contributed by atoms with Crippen molar-refractivity contribution in [2.45, 2.75) is 314 Å². The van der Waals surface area contributed by atoms with E-state index in [9.17, 15) is 25.2 Å². The molecule has 0 heterocycles. The number of allylic oxidation sites excluding steroid dienone is 8. The summed E-state index contributed by atoms with van der Waals surface area (Å²) in [6.45, 7) is 4.06. The first-order valence-corrected chi connectivity index (χ1v) is 28.5. The van der Waals surface area contributed by atoms with Crippen LogP contribution in [-0.4, -0.2) is 57.3 Å². The molecule has 5 N–H and O–H groups in total. The molecule has 0 spiro atoms. The Hall–Kier alpha value is -1.73. The summed E-state index contributed by atoms with van der Waals surface area (Å²) >= 11 is 0. The van der Waals surface area contributed by atoms with Crippen LogP contribution in [0.3, 0.4) is 0 Å². The summed E-state index contributed by atoms with van der Waals surface area (Å²) in [5.41, 5.74) is 0. The van der Waals surface area contributed by atoms with Gasteiger partial charge in [-0.15, -0.1) is 0 Å². The Kier molecular flexibility index (Phi) is 51.8. The molecule has 0 bridgehead atoms. The van der Waals surface area contributed by atoms with E-state index >= 15 is 0 Å². The molecule has 0 aliphatic heterocycles. The van der Waals surface area contributed by atoms with Crippen molar-refractivity contribution in [1.82, 2.24) is 5.32 Å². The van der Waals surface area contributed by atoms with Crippen LogP contribution in [0.15, 0.2) is 48.6 Å². The van der Waals surface area contributed by atoms with Crippen molar-refractivity contribution in [2.75, 3.05) is 6.61 Å². The number of aliphatic hydroxyl groups is 4. The van der Waals surface area contributed by atoms with E-state index in [0.29, 0.717) is 19.3 Å². The second kappa shape index (κ2) is 53.2. The first-order chi connectivity index (χ1) is 32.0. The maximum atomic E-state index is 12.6. The maximum absolute atomic E-state index is 12.6. The first-order valence-electron chi connectivity index (χ1n) is 28.5. The zero-order valence-corrected chi connectivity index (χ0v) is 43.2. The molecule has 0 aromatic carbocycles. The fourth-order valence-corrected chi connectivity index (χ4v) is 8.73. The number of amides is 1. The molecule has 6 nitrogen and oxygen atoms in total. The van der Waals surface area contributed by atoms with Crippen molar-refractivity contribution in [3.8, 4) is 0 Å². The molecular weight excluding hydrogens is 803 g/mol. The molecule has 0 saturated carbocycles. The summed E-state index contributed by atoms with van der Waals surface area (Å²) in [4.78, 5) is 12.6. The lowest BCUT2D eigenvalue weighted by molar-refractivity contribution is -0.132. The largest absolute Gasteiger partial charge is 0.394 e. The third kappa shape index (κ3) is 47.1. The summed E-state index contributed by atoms with van der Waals surface area (Å²) < 4.78 is 0. The lowest BCUT2D eigenvalue weighted by Crippen LogP contribution is -2.53. The summed E-state index contributed by atoms with van der Waals surface area (Å²) in [6, 6.07) is -1.02. The molecule has 0 saturated heterocycles. The minimum Gasteiger partial charge on any atom is -0.394 e. The van der Waals surface area contributed by atoms with Crippen LogP contribution in [0.2, 0.25) is 0 Å². The van der Waals surface area contributed by atoms with Crippen LogP contribution in [0.1, 0.15) is 290 Å². The van der Waals surface area contributed by atoms with Crippen LogP contribution in [0.4, 0.5) is 0 Å². The monoisotopic (exact) mass is 914 g/mol. The van der Waals surface area contributed by atoms with Crippen molar-refractivity contribution >= 4 is 5.91 Å². The molecule has 0 aliphatic rings. The molecule has 0 aromatic rings. The minimum absolute atomic E-state index is 0.351. The van der Waals surface area contributed by atoms with Gasteiger partial charge in [-0.2, -0.15) is 0 Å². The number of hydrogen-bond acceptors (Lipinski definition) is 5. The Morgan fingerprint density at radius 3 is 0.969 bits per heavy atom. The Balaban J connectivity index is 3.72. The van der Waals surface area contributed by atoms with Gasteiger partial charge in [-0.25, -0.2) is 0 Å². The average Bonchev–Trinajstić information content (AvgIpc) is 3.31. The van der Waals surface area contributed by atoms with Crippen LogP contribution >= 0.6 is 0 Å². The number of unbranched alkanes of at least 4 members (excludes halogenated alkanes) is 35. The van der Waals surface area contributed by atoms with Crippen LogP contribution in [0, 0.1) is 0 Å². The average molecular weight is 915 g/mol. The summed E-state index contributed by atoms with van der Waals surface area (Å²) in [5.74, 6) is -0.603. The van der Waals surface area contributed by atoms with Gasteiger partial charge in [0.15, 0.2) is 0 Å². The van der Waals surface area contributed by atoms with Gasteiger partial charge in [0.2, 0.25) is 5.91 Å². The zero-order chi connectivity index (χ0) is 47.4. The maximum Gasteiger partial charge on any atom is 0.249 e. The fraction of sp³-hybridized carbons (Fsp3) is 0.847. The van der Waals surface area contributed by atoms with Crippen molar-refractivity contribution in [3.63, 3.8) is 0 Å². The fourth-order valence-electron chi connectivity index (χ4n) is 8.73. The highest BCUT2D eigenvalue weighted by Crippen LogP contribution is 2.16. The lowest BCUT2D eigenvalue weighted by Gasteiger charge is -2.27. The highest BCUT2D eigenvalue weighted by Gasteiger charge is 2.28. The standard InChI is InChI=1S/C59H111NO5/c1-3-5-7-9-11-13-15-17-19-21-23-25-26-27-28-29-30-31-33-34-36-38-40-42-44-46-48-50-52-56(62)58(64)55(54-61)60-59(65)57(63)53-51-49-47-45-43-41-39-37-35-32-24-22-20-18-16-14-12-10-8-6-4-2/h30-31,35-38,44,46,55-58,61-64H,3-29,32-34,39-43,45,47-54H2,1-2H3,(H,60,65)/b31-30+,37-35-,38-36+,46-44+. The molecule has 0 aromatic heterocycles. The second-order valence-corrected chi connectivity index (χ2v) is 19.6. The van der Waals surface area contributed by atoms with E-state index in [4.69, 9.17) is 0 Å². The molecule has 0 rings (SSSR count). The van der Waals surface area contributed by atoms with Crippen LogP contribution in [-0.2, 0) is 4.79 Å². The van der Waals surface area contributed by atoms with Gasteiger partial charge in [-0.05, 0) is 89.9 Å². The number of nitrogens with one attached hydrogen (secondary N) is 1. The predicted molar refractivity (Wildman–Crippen MR) is 283 cm³/mol. The van der Waals surface area contributed by atoms with Gasteiger partial charge in [0.1, 0.15) is 12.2 Å². The van der Waals surface area contributed by atoms with Crippen molar-refractivity contribution in [2.24, 2.45) is 0 Å². The number of carbonyl (C=O) groups excluding carboxylic acids is 1. The van der Waals surface area contributed by atoms with E-state index in [1.54, 1.807) is 0 Å². The Morgan fingerprint density at radius 2 is 0.646 bits per heavy atom. The van der Waals surface area contributed by atoms with Crippen LogP contribution < -0.4 is 5.32 Å². The molecule has 6 heteroatoms. The van der Waals surface area contributed by atoms with Crippen molar-refractivity contribution in [1.29, 1.82) is 0 Å². The normalized spacial score (nSPS) is 14.1. The molecule has 4 unspecified atom stereocenters. The Bertz CT molecular complexity index is 1070.